The van der Waals surface area contributed by atoms with Gasteiger partial charge in [-0.3, -0.25) is 9.59 Å². The first-order valence-corrected chi connectivity index (χ1v) is 12.5. The van der Waals surface area contributed by atoms with Crippen LogP contribution in [0.25, 0.3) is 11.1 Å². The Morgan fingerprint density at radius 1 is 1.03 bits per heavy atom. The molecule has 0 radical (unpaired) electrons. The number of nitrogens with zero attached hydrogens (tertiary/aromatic N) is 1. The number of fused-ring (bicyclic) bond motifs is 3. The zero-order valence-corrected chi connectivity index (χ0v) is 20.8. The summed E-state index contributed by atoms with van der Waals surface area (Å²) < 4.78 is 5.66. The minimum absolute atomic E-state index is 0.0306. The zero-order valence-electron chi connectivity index (χ0n) is 20.8. The second-order valence-corrected chi connectivity index (χ2v) is 9.18. The molecule has 3 rings (SSSR count). The normalized spacial score (nSPS) is 13.9. The Morgan fingerprint density at radius 2 is 1.63 bits per heavy atom. The summed E-state index contributed by atoms with van der Waals surface area (Å²) in [5.41, 5.74) is 4.62. The van der Waals surface area contributed by atoms with Crippen LogP contribution in [0, 0.1) is 5.92 Å². The average Bonchev–Trinajstić information content (AvgIpc) is 3.17. The lowest BCUT2D eigenvalue weighted by molar-refractivity contribution is -0.143. The van der Waals surface area contributed by atoms with Gasteiger partial charge in [-0.2, -0.15) is 0 Å². The van der Waals surface area contributed by atoms with Gasteiger partial charge in [0.15, 0.2) is 0 Å². The predicted molar refractivity (Wildman–Crippen MR) is 135 cm³/mol. The van der Waals surface area contributed by atoms with Crippen LogP contribution in [0.1, 0.15) is 63.5 Å². The molecule has 0 fully saturated rings. The first-order valence-electron chi connectivity index (χ1n) is 12.5. The molecule has 0 aromatic heterocycles. The molecule has 0 saturated carbocycles. The van der Waals surface area contributed by atoms with Gasteiger partial charge in [-0.1, -0.05) is 75.2 Å². The summed E-state index contributed by atoms with van der Waals surface area (Å²) in [6, 6.07) is 16.0. The molecular weight excluding hydrogens is 444 g/mol. The highest BCUT2D eigenvalue weighted by Crippen LogP contribution is 2.44. The first kappa shape index (κ1) is 26.3. The van der Waals surface area contributed by atoms with E-state index in [2.05, 4.69) is 36.5 Å². The van der Waals surface area contributed by atoms with E-state index in [9.17, 15) is 19.5 Å². The monoisotopic (exact) mass is 480 g/mol. The number of ether oxygens (including phenoxy) is 1. The molecule has 0 bridgehead atoms. The van der Waals surface area contributed by atoms with Crippen LogP contribution >= 0.6 is 0 Å². The Labute approximate surface area is 207 Å². The molecule has 2 aromatic rings. The van der Waals surface area contributed by atoms with E-state index in [-0.39, 0.29) is 37.4 Å². The molecule has 188 valence electrons. The Morgan fingerprint density at radius 3 is 2.17 bits per heavy atom. The van der Waals surface area contributed by atoms with Crippen molar-refractivity contribution >= 4 is 18.0 Å². The third-order valence-corrected chi connectivity index (χ3v) is 6.64. The summed E-state index contributed by atoms with van der Waals surface area (Å²) in [6.45, 7) is 6.25. The minimum Gasteiger partial charge on any atom is -0.481 e. The molecule has 0 aliphatic heterocycles. The summed E-state index contributed by atoms with van der Waals surface area (Å²) in [6.07, 6.45) is 2.02. The molecule has 0 heterocycles. The fourth-order valence-electron chi connectivity index (χ4n) is 4.64. The minimum atomic E-state index is -0.935. The molecule has 1 aliphatic carbocycles. The van der Waals surface area contributed by atoms with Gasteiger partial charge < -0.3 is 20.1 Å². The Hall–Kier alpha value is -3.35. The molecular formula is C28H36N2O5. The fraction of sp³-hybridized carbons (Fsp3) is 0.464. The number of benzene rings is 2. The van der Waals surface area contributed by atoms with E-state index in [1.54, 1.807) is 6.92 Å². The number of rotatable bonds is 12. The van der Waals surface area contributed by atoms with E-state index < -0.39 is 18.0 Å². The van der Waals surface area contributed by atoms with Gasteiger partial charge in [-0.15, -0.1) is 0 Å². The molecule has 2 atom stereocenters. The number of alkyl carbamates (subject to hydrolysis) is 1. The molecule has 7 heteroatoms. The van der Waals surface area contributed by atoms with Crippen molar-refractivity contribution in [1.82, 2.24) is 10.2 Å². The molecule has 1 unspecified atom stereocenters. The van der Waals surface area contributed by atoms with E-state index in [0.717, 1.165) is 24.0 Å². The second-order valence-electron chi connectivity index (χ2n) is 9.18. The average molecular weight is 481 g/mol. The van der Waals surface area contributed by atoms with Crippen LogP contribution in [-0.2, 0) is 14.3 Å². The maximum atomic E-state index is 12.9. The van der Waals surface area contributed by atoms with E-state index in [4.69, 9.17) is 4.74 Å². The maximum Gasteiger partial charge on any atom is 0.407 e. The third kappa shape index (κ3) is 6.62. The predicted octanol–water partition coefficient (Wildman–Crippen LogP) is 5.04. The molecule has 35 heavy (non-hydrogen) atoms. The highest BCUT2D eigenvalue weighted by atomic mass is 16.5. The number of aliphatic carboxylic acids is 1. The molecule has 2 N–H and O–H groups in total. The van der Waals surface area contributed by atoms with Crippen LogP contribution in [0.5, 0.6) is 0 Å². The molecule has 0 spiro atoms. The van der Waals surface area contributed by atoms with Crippen molar-refractivity contribution in [1.29, 1.82) is 0 Å². The van der Waals surface area contributed by atoms with Crippen LogP contribution in [0.15, 0.2) is 48.5 Å². The molecule has 1 aliphatic rings. The van der Waals surface area contributed by atoms with E-state index in [0.29, 0.717) is 13.0 Å². The van der Waals surface area contributed by atoms with Gasteiger partial charge in [0.1, 0.15) is 6.61 Å². The standard InChI is InChI=1S/C28H36N2O5/c1-4-6-11-20(16-26(31)30(5-2)17-19(3)27(32)33)29-28(34)35-18-25-23-14-9-7-12-21(23)22-13-8-10-15-24(22)25/h7-10,12-15,19-20,25H,4-6,11,16-18H2,1-3H3,(H,29,34)(H,32,33)/t19?,20-/m0/s1. The van der Waals surface area contributed by atoms with Crippen molar-refractivity contribution in [2.45, 2.75) is 58.4 Å². The smallest absolute Gasteiger partial charge is 0.407 e. The van der Waals surface area contributed by atoms with Gasteiger partial charge in [0.25, 0.3) is 0 Å². The number of carbonyl (C=O) groups excluding carboxylic acids is 2. The highest BCUT2D eigenvalue weighted by Gasteiger charge is 2.29. The van der Waals surface area contributed by atoms with Crippen molar-refractivity contribution in [3.8, 4) is 11.1 Å². The maximum absolute atomic E-state index is 12.9. The van der Waals surface area contributed by atoms with Crippen molar-refractivity contribution < 1.29 is 24.2 Å². The van der Waals surface area contributed by atoms with Crippen LogP contribution in [0.2, 0.25) is 0 Å². The van der Waals surface area contributed by atoms with Gasteiger partial charge in [0.2, 0.25) is 5.91 Å². The van der Waals surface area contributed by atoms with Gasteiger partial charge in [-0.25, -0.2) is 4.79 Å². The lowest BCUT2D eigenvalue weighted by atomic mass is 9.98. The van der Waals surface area contributed by atoms with Crippen LogP contribution in [-0.4, -0.2) is 53.7 Å². The van der Waals surface area contributed by atoms with Crippen molar-refractivity contribution in [3.05, 3.63) is 59.7 Å². The Kier molecular flexibility index (Phi) is 9.29. The summed E-state index contributed by atoms with van der Waals surface area (Å²) in [5, 5.41) is 12.1. The molecule has 2 amide bonds. The lowest BCUT2D eigenvalue weighted by Gasteiger charge is -2.26. The third-order valence-electron chi connectivity index (χ3n) is 6.64. The summed E-state index contributed by atoms with van der Waals surface area (Å²) >= 11 is 0. The SMILES string of the molecule is CCCC[C@@H](CC(=O)N(CC)CC(C)C(=O)O)NC(=O)OCC1c2ccccc2-c2ccccc21. The van der Waals surface area contributed by atoms with Crippen molar-refractivity contribution in [2.24, 2.45) is 5.92 Å². The number of amides is 2. The molecule has 7 nitrogen and oxygen atoms in total. The lowest BCUT2D eigenvalue weighted by Crippen LogP contribution is -2.43. The van der Waals surface area contributed by atoms with Crippen molar-refractivity contribution in [2.75, 3.05) is 19.7 Å². The summed E-state index contributed by atoms with van der Waals surface area (Å²) in [7, 11) is 0. The largest absolute Gasteiger partial charge is 0.481 e. The van der Waals surface area contributed by atoms with Gasteiger partial charge in [0.05, 0.1) is 5.92 Å². The first-order chi connectivity index (χ1) is 16.8. The molecule has 2 aromatic carbocycles. The number of unbranched alkanes of at least 4 members (excludes halogenated alkanes) is 1. The summed E-state index contributed by atoms with van der Waals surface area (Å²) in [4.78, 5) is 38.4. The highest BCUT2D eigenvalue weighted by molar-refractivity contribution is 5.80. The van der Waals surface area contributed by atoms with Gasteiger partial charge in [0, 0.05) is 31.5 Å². The number of carboxylic acids is 1. The van der Waals surface area contributed by atoms with Gasteiger partial charge >= 0.3 is 12.1 Å². The molecule has 0 saturated heterocycles. The number of hydrogen-bond donors (Lipinski definition) is 2. The van der Waals surface area contributed by atoms with Crippen LogP contribution in [0.4, 0.5) is 4.79 Å². The number of hydrogen-bond acceptors (Lipinski definition) is 4. The van der Waals surface area contributed by atoms with Gasteiger partial charge in [-0.05, 0) is 35.6 Å². The fourth-order valence-corrected chi connectivity index (χ4v) is 4.64. The Bertz CT molecular complexity index is 992. The van der Waals surface area contributed by atoms with Crippen molar-refractivity contribution in [3.63, 3.8) is 0 Å². The van der Waals surface area contributed by atoms with E-state index >= 15 is 0 Å². The number of carbonyl (C=O) groups is 3. The quantitative estimate of drug-likeness (QED) is 0.444. The van der Waals surface area contributed by atoms with E-state index in [1.807, 2.05) is 31.2 Å². The summed E-state index contributed by atoms with van der Waals surface area (Å²) in [5.74, 6) is -1.78. The topological polar surface area (TPSA) is 95.9 Å². The van der Waals surface area contributed by atoms with Crippen LogP contribution in [0.3, 0.4) is 0 Å². The number of nitrogens with one attached hydrogen (secondary N) is 1. The van der Waals surface area contributed by atoms with E-state index in [1.165, 1.54) is 16.0 Å². The Balaban J connectivity index is 1.62. The number of carboxylic acid groups (broad SMARTS) is 1. The van der Waals surface area contributed by atoms with Crippen LogP contribution < -0.4 is 5.32 Å². The zero-order chi connectivity index (χ0) is 25.4. The second kappa shape index (κ2) is 12.4.